The van der Waals surface area contributed by atoms with Crippen molar-refractivity contribution in [1.82, 2.24) is 15.1 Å². The second-order valence-electron chi connectivity index (χ2n) is 5.27. The molecule has 0 amide bonds. The molecule has 1 fully saturated rings. The lowest BCUT2D eigenvalue weighted by Crippen LogP contribution is -2.53. The molecule has 0 aromatic heterocycles. The minimum atomic E-state index is -0.813. The van der Waals surface area contributed by atoms with Crippen molar-refractivity contribution in [2.45, 2.75) is 31.8 Å². The first-order valence-corrected chi connectivity index (χ1v) is 6.24. The molecule has 17 heavy (non-hydrogen) atoms. The molecule has 0 radical (unpaired) electrons. The zero-order chi connectivity index (χ0) is 13.1. The van der Waals surface area contributed by atoms with Crippen LogP contribution in [0.5, 0.6) is 0 Å². The van der Waals surface area contributed by atoms with Crippen molar-refractivity contribution in [3.63, 3.8) is 0 Å². The minimum Gasteiger partial charge on any atom is -0.480 e. The van der Waals surface area contributed by atoms with Crippen LogP contribution < -0.4 is 5.32 Å². The lowest BCUT2D eigenvalue weighted by Gasteiger charge is -2.38. The number of carbonyl (C=O) groups is 1. The molecule has 0 bridgehead atoms. The average Bonchev–Trinajstić information content (AvgIpc) is 2.30. The van der Waals surface area contributed by atoms with E-state index in [9.17, 15) is 4.79 Å². The van der Waals surface area contributed by atoms with Crippen molar-refractivity contribution in [2.24, 2.45) is 0 Å². The van der Waals surface area contributed by atoms with Crippen LogP contribution in [0.1, 0.15) is 20.3 Å². The molecule has 100 valence electrons. The molecule has 5 heteroatoms. The molecular weight excluding hydrogens is 218 g/mol. The molecule has 0 spiro atoms. The maximum atomic E-state index is 11.2. The van der Waals surface area contributed by atoms with E-state index in [0.29, 0.717) is 12.5 Å². The summed E-state index contributed by atoms with van der Waals surface area (Å²) in [4.78, 5) is 15.8. The van der Waals surface area contributed by atoms with Crippen LogP contribution >= 0.6 is 0 Å². The number of nitrogens with one attached hydrogen (secondary N) is 1. The highest BCUT2D eigenvalue weighted by Crippen LogP contribution is 2.13. The standard InChI is InChI=1S/C12H25N3O2/c1-10-9-15(8-7-14(10)4)6-5-12(2,13-3)11(16)17/h10,13H,5-9H2,1-4H3,(H,16,17). The van der Waals surface area contributed by atoms with Crippen LogP contribution in [0.15, 0.2) is 0 Å². The summed E-state index contributed by atoms with van der Waals surface area (Å²) in [5.41, 5.74) is -0.813. The normalized spacial score (nSPS) is 26.7. The highest BCUT2D eigenvalue weighted by atomic mass is 16.4. The second-order valence-corrected chi connectivity index (χ2v) is 5.27. The average molecular weight is 243 g/mol. The first-order chi connectivity index (χ1) is 7.89. The van der Waals surface area contributed by atoms with Gasteiger partial charge < -0.3 is 20.2 Å². The zero-order valence-corrected chi connectivity index (χ0v) is 11.4. The monoisotopic (exact) mass is 243 g/mol. The number of hydrogen-bond donors (Lipinski definition) is 2. The van der Waals surface area contributed by atoms with Gasteiger partial charge in [0.05, 0.1) is 0 Å². The second kappa shape index (κ2) is 5.80. The van der Waals surface area contributed by atoms with Gasteiger partial charge >= 0.3 is 5.97 Å². The van der Waals surface area contributed by atoms with Gasteiger partial charge in [-0.2, -0.15) is 0 Å². The Labute approximate surface area is 104 Å². The molecule has 0 aromatic carbocycles. The van der Waals surface area contributed by atoms with Gasteiger partial charge in [0.2, 0.25) is 0 Å². The predicted molar refractivity (Wildman–Crippen MR) is 68.2 cm³/mol. The summed E-state index contributed by atoms with van der Waals surface area (Å²) in [5, 5.41) is 12.1. The van der Waals surface area contributed by atoms with Gasteiger partial charge in [0.25, 0.3) is 0 Å². The van der Waals surface area contributed by atoms with Crippen LogP contribution in [0.2, 0.25) is 0 Å². The smallest absolute Gasteiger partial charge is 0.323 e. The van der Waals surface area contributed by atoms with E-state index in [1.807, 2.05) is 0 Å². The highest BCUT2D eigenvalue weighted by Gasteiger charge is 2.32. The van der Waals surface area contributed by atoms with Crippen molar-refractivity contribution < 1.29 is 9.90 Å². The Morgan fingerprint density at radius 1 is 1.53 bits per heavy atom. The van der Waals surface area contributed by atoms with Gasteiger partial charge in [0.1, 0.15) is 5.54 Å². The summed E-state index contributed by atoms with van der Waals surface area (Å²) < 4.78 is 0. The third kappa shape index (κ3) is 3.66. The first-order valence-electron chi connectivity index (χ1n) is 6.24. The Balaban J connectivity index is 2.43. The van der Waals surface area contributed by atoms with Crippen LogP contribution in [-0.2, 0) is 4.79 Å². The van der Waals surface area contributed by atoms with E-state index in [1.54, 1.807) is 14.0 Å². The maximum absolute atomic E-state index is 11.2. The fourth-order valence-corrected chi connectivity index (χ4v) is 2.05. The van der Waals surface area contributed by atoms with Crippen molar-refractivity contribution >= 4 is 5.97 Å². The van der Waals surface area contributed by atoms with Crippen molar-refractivity contribution in [1.29, 1.82) is 0 Å². The molecule has 2 N–H and O–H groups in total. The number of hydrogen-bond acceptors (Lipinski definition) is 4. The molecule has 1 aliphatic rings. The van der Waals surface area contributed by atoms with E-state index < -0.39 is 11.5 Å². The summed E-state index contributed by atoms with van der Waals surface area (Å²) in [5.74, 6) is -0.776. The Morgan fingerprint density at radius 3 is 2.65 bits per heavy atom. The highest BCUT2D eigenvalue weighted by molar-refractivity contribution is 5.78. The number of likely N-dealkylation sites (N-methyl/N-ethyl adjacent to an activating group) is 2. The predicted octanol–water partition coefficient (Wildman–Crippen LogP) is 0.0751. The Bertz CT molecular complexity index is 272. The lowest BCUT2D eigenvalue weighted by molar-refractivity contribution is -0.144. The number of piperazine rings is 1. The molecule has 2 unspecified atom stereocenters. The quantitative estimate of drug-likeness (QED) is 0.716. The summed E-state index contributed by atoms with van der Waals surface area (Å²) >= 11 is 0. The van der Waals surface area contributed by atoms with E-state index in [1.165, 1.54) is 0 Å². The van der Waals surface area contributed by atoms with Gasteiger partial charge in [0.15, 0.2) is 0 Å². The van der Waals surface area contributed by atoms with Gasteiger partial charge in [-0.3, -0.25) is 4.79 Å². The number of aliphatic carboxylic acids is 1. The van der Waals surface area contributed by atoms with E-state index in [0.717, 1.165) is 26.2 Å². The zero-order valence-electron chi connectivity index (χ0n) is 11.4. The van der Waals surface area contributed by atoms with Gasteiger partial charge in [-0.15, -0.1) is 0 Å². The van der Waals surface area contributed by atoms with Crippen molar-refractivity contribution in [2.75, 3.05) is 40.3 Å². The Morgan fingerprint density at radius 2 is 2.18 bits per heavy atom. The topological polar surface area (TPSA) is 55.8 Å². The minimum absolute atomic E-state index is 0.550. The summed E-state index contributed by atoms with van der Waals surface area (Å²) in [6.45, 7) is 7.90. The van der Waals surface area contributed by atoms with Gasteiger partial charge in [-0.25, -0.2) is 0 Å². The van der Waals surface area contributed by atoms with Crippen molar-refractivity contribution in [3.05, 3.63) is 0 Å². The summed E-state index contributed by atoms with van der Waals surface area (Å²) in [7, 11) is 3.84. The lowest BCUT2D eigenvalue weighted by atomic mass is 9.97. The number of rotatable bonds is 5. The number of carboxylic acids is 1. The van der Waals surface area contributed by atoms with Crippen LogP contribution in [0, 0.1) is 0 Å². The molecule has 1 saturated heterocycles. The van der Waals surface area contributed by atoms with Crippen LogP contribution in [0.25, 0.3) is 0 Å². The largest absolute Gasteiger partial charge is 0.480 e. The molecule has 2 atom stereocenters. The molecule has 5 nitrogen and oxygen atoms in total. The van der Waals surface area contributed by atoms with Crippen LogP contribution in [-0.4, -0.2) is 72.7 Å². The fraction of sp³-hybridized carbons (Fsp3) is 0.917. The van der Waals surface area contributed by atoms with E-state index in [-0.39, 0.29) is 0 Å². The van der Waals surface area contributed by atoms with Crippen molar-refractivity contribution in [3.8, 4) is 0 Å². The number of nitrogens with zero attached hydrogens (tertiary/aromatic N) is 2. The molecule has 1 rings (SSSR count). The molecule has 0 saturated carbocycles. The van der Waals surface area contributed by atoms with Crippen LogP contribution in [0.3, 0.4) is 0 Å². The molecular formula is C12H25N3O2. The van der Waals surface area contributed by atoms with Crippen LogP contribution in [0.4, 0.5) is 0 Å². The Kier molecular flexibility index (Phi) is 4.91. The van der Waals surface area contributed by atoms with E-state index in [4.69, 9.17) is 5.11 Å². The van der Waals surface area contributed by atoms with E-state index >= 15 is 0 Å². The van der Waals surface area contributed by atoms with E-state index in [2.05, 4.69) is 29.1 Å². The molecule has 0 aliphatic carbocycles. The SMILES string of the molecule is CNC(C)(CCN1CCN(C)C(C)C1)C(=O)O. The third-order valence-electron chi connectivity index (χ3n) is 4.00. The summed E-state index contributed by atoms with van der Waals surface area (Å²) in [6, 6.07) is 0.550. The fourth-order valence-electron chi connectivity index (χ4n) is 2.05. The third-order valence-corrected chi connectivity index (χ3v) is 4.00. The molecule has 0 aromatic rings. The molecule has 1 heterocycles. The summed E-state index contributed by atoms with van der Waals surface area (Å²) in [6.07, 6.45) is 0.634. The number of carboxylic acid groups (broad SMARTS) is 1. The Hall–Kier alpha value is -0.650. The molecule has 1 aliphatic heterocycles. The van der Waals surface area contributed by atoms with Gasteiger partial charge in [0, 0.05) is 32.2 Å². The van der Waals surface area contributed by atoms with Gasteiger partial charge in [-0.1, -0.05) is 0 Å². The first kappa shape index (κ1) is 14.4. The maximum Gasteiger partial charge on any atom is 0.323 e. The van der Waals surface area contributed by atoms with Gasteiger partial charge in [-0.05, 0) is 34.4 Å².